The minimum absolute atomic E-state index is 0.185. The van der Waals surface area contributed by atoms with E-state index in [4.69, 9.17) is 4.42 Å². The van der Waals surface area contributed by atoms with Crippen LogP contribution in [0.2, 0.25) is 0 Å². The Balaban J connectivity index is 2.38. The smallest absolute Gasteiger partial charge is 0.313 e. The van der Waals surface area contributed by atoms with Crippen LogP contribution in [0.4, 0.5) is 0 Å². The SMILES string of the molecule is COC(=O)Cc1occ2ccccc12. The molecule has 0 saturated carbocycles. The zero-order valence-electron chi connectivity index (χ0n) is 7.82. The fourth-order valence-electron chi connectivity index (χ4n) is 1.39. The fraction of sp³-hybridized carbons (Fsp3) is 0.182. The van der Waals surface area contributed by atoms with Crippen LogP contribution in [-0.4, -0.2) is 13.1 Å². The molecule has 0 radical (unpaired) electrons. The summed E-state index contributed by atoms with van der Waals surface area (Å²) in [7, 11) is 1.37. The summed E-state index contributed by atoms with van der Waals surface area (Å²) in [5.74, 6) is 0.373. The molecule has 2 rings (SSSR count). The van der Waals surface area contributed by atoms with Gasteiger partial charge in [0.15, 0.2) is 0 Å². The van der Waals surface area contributed by atoms with Gasteiger partial charge < -0.3 is 9.15 Å². The third-order valence-electron chi connectivity index (χ3n) is 2.12. The van der Waals surface area contributed by atoms with E-state index in [0.29, 0.717) is 5.76 Å². The third-order valence-corrected chi connectivity index (χ3v) is 2.12. The molecule has 1 aromatic carbocycles. The maximum atomic E-state index is 11.0. The maximum absolute atomic E-state index is 11.0. The van der Waals surface area contributed by atoms with Crippen molar-refractivity contribution in [2.24, 2.45) is 0 Å². The average Bonchev–Trinajstić information content (AvgIpc) is 2.62. The van der Waals surface area contributed by atoms with Crippen LogP contribution in [0.5, 0.6) is 0 Å². The number of hydrogen-bond donors (Lipinski definition) is 0. The van der Waals surface area contributed by atoms with Gasteiger partial charge in [-0.3, -0.25) is 4.79 Å². The van der Waals surface area contributed by atoms with Crippen LogP contribution in [0, 0.1) is 0 Å². The van der Waals surface area contributed by atoms with Crippen molar-refractivity contribution in [2.45, 2.75) is 6.42 Å². The molecule has 1 heterocycles. The van der Waals surface area contributed by atoms with Crippen LogP contribution < -0.4 is 0 Å². The molecule has 0 atom stereocenters. The quantitative estimate of drug-likeness (QED) is 0.681. The number of carbonyl (C=O) groups excluding carboxylic acids is 1. The predicted octanol–water partition coefficient (Wildman–Crippen LogP) is 2.15. The van der Waals surface area contributed by atoms with E-state index < -0.39 is 0 Å². The number of furan rings is 1. The second-order valence-corrected chi connectivity index (χ2v) is 3.00. The van der Waals surface area contributed by atoms with Gasteiger partial charge in [-0.1, -0.05) is 24.3 Å². The average molecular weight is 190 g/mol. The van der Waals surface area contributed by atoms with E-state index in [9.17, 15) is 4.79 Å². The summed E-state index contributed by atoms with van der Waals surface area (Å²) in [4.78, 5) is 11.0. The molecular formula is C11H10O3. The van der Waals surface area contributed by atoms with Gasteiger partial charge in [0.25, 0.3) is 0 Å². The first-order valence-electron chi connectivity index (χ1n) is 4.33. The molecule has 0 unspecified atom stereocenters. The molecule has 0 bridgehead atoms. The molecule has 2 aromatic rings. The van der Waals surface area contributed by atoms with Gasteiger partial charge in [-0.2, -0.15) is 0 Å². The Bertz CT molecular complexity index is 456. The topological polar surface area (TPSA) is 39.4 Å². The lowest BCUT2D eigenvalue weighted by molar-refractivity contribution is -0.140. The molecule has 0 aliphatic carbocycles. The van der Waals surface area contributed by atoms with E-state index in [1.165, 1.54) is 7.11 Å². The molecular weight excluding hydrogens is 180 g/mol. The van der Waals surface area contributed by atoms with Crippen molar-refractivity contribution in [1.82, 2.24) is 0 Å². The van der Waals surface area contributed by atoms with Gasteiger partial charge in [0.05, 0.1) is 13.4 Å². The van der Waals surface area contributed by atoms with E-state index in [0.717, 1.165) is 10.8 Å². The van der Waals surface area contributed by atoms with Crippen molar-refractivity contribution < 1.29 is 13.9 Å². The second kappa shape index (κ2) is 3.54. The van der Waals surface area contributed by atoms with Crippen molar-refractivity contribution in [1.29, 1.82) is 0 Å². The lowest BCUT2D eigenvalue weighted by atomic mass is 10.1. The Morgan fingerprint density at radius 1 is 1.43 bits per heavy atom. The molecule has 0 aliphatic heterocycles. The number of methoxy groups -OCH3 is 1. The van der Waals surface area contributed by atoms with E-state index >= 15 is 0 Å². The molecule has 1 aromatic heterocycles. The molecule has 0 aliphatic rings. The number of carbonyl (C=O) groups is 1. The Morgan fingerprint density at radius 3 is 3.00 bits per heavy atom. The van der Waals surface area contributed by atoms with Gasteiger partial charge in [0.2, 0.25) is 0 Å². The van der Waals surface area contributed by atoms with Crippen molar-refractivity contribution >= 4 is 16.7 Å². The summed E-state index contributed by atoms with van der Waals surface area (Å²) < 4.78 is 9.86. The first kappa shape index (κ1) is 8.81. The number of fused-ring (bicyclic) bond motifs is 1. The minimum Gasteiger partial charge on any atom is -0.469 e. The van der Waals surface area contributed by atoms with Crippen LogP contribution in [0.1, 0.15) is 5.76 Å². The Kier molecular flexibility index (Phi) is 2.23. The van der Waals surface area contributed by atoms with E-state index in [1.54, 1.807) is 6.26 Å². The number of rotatable bonds is 2. The van der Waals surface area contributed by atoms with Gasteiger partial charge in [-0.05, 0) is 0 Å². The third kappa shape index (κ3) is 1.48. The molecule has 0 amide bonds. The van der Waals surface area contributed by atoms with Gasteiger partial charge in [0, 0.05) is 10.8 Å². The fourth-order valence-corrected chi connectivity index (χ4v) is 1.39. The summed E-state index contributed by atoms with van der Waals surface area (Å²) in [6.07, 6.45) is 1.83. The predicted molar refractivity (Wildman–Crippen MR) is 51.9 cm³/mol. The van der Waals surface area contributed by atoms with Crippen LogP contribution in [0.25, 0.3) is 10.8 Å². The second-order valence-electron chi connectivity index (χ2n) is 3.00. The number of esters is 1. The van der Waals surface area contributed by atoms with Crippen LogP contribution in [0.15, 0.2) is 34.9 Å². The lowest BCUT2D eigenvalue weighted by Gasteiger charge is -1.95. The number of ether oxygens (including phenoxy) is 1. The Hall–Kier alpha value is -1.77. The first-order valence-corrected chi connectivity index (χ1v) is 4.33. The maximum Gasteiger partial charge on any atom is 0.313 e. The molecule has 3 nitrogen and oxygen atoms in total. The molecule has 0 fully saturated rings. The zero-order valence-corrected chi connectivity index (χ0v) is 7.82. The summed E-state index contributed by atoms with van der Waals surface area (Å²) >= 11 is 0. The van der Waals surface area contributed by atoms with Crippen molar-refractivity contribution in [3.63, 3.8) is 0 Å². The van der Waals surface area contributed by atoms with Crippen LogP contribution >= 0.6 is 0 Å². The monoisotopic (exact) mass is 190 g/mol. The normalized spacial score (nSPS) is 10.4. The number of benzene rings is 1. The summed E-state index contributed by atoms with van der Waals surface area (Å²) in [6.45, 7) is 0. The summed E-state index contributed by atoms with van der Waals surface area (Å²) in [6, 6.07) is 7.72. The lowest BCUT2D eigenvalue weighted by Crippen LogP contribution is -2.03. The first-order chi connectivity index (χ1) is 6.81. The highest BCUT2D eigenvalue weighted by Crippen LogP contribution is 2.21. The highest BCUT2D eigenvalue weighted by molar-refractivity contribution is 5.87. The molecule has 14 heavy (non-hydrogen) atoms. The Labute approximate surface area is 81.3 Å². The van der Waals surface area contributed by atoms with Crippen molar-refractivity contribution in [3.05, 3.63) is 36.3 Å². The van der Waals surface area contributed by atoms with E-state index in [-0.39, 0.29) is 12.4 Å². The van der Waals surface area contributed by atoms with E-state index in [2.05, 4.69) is 4.74 Å². The van der Waals surface area contributed by atoms with Crippen LogP contribution in [0.3, 0.4) is 0 Å². The molecule has 3 heteroatoms. The summed E-state index contributed by atoms with van der Waals surface area (Å²) in [5, 5.41) is 1.98. The highest BCUT2D eigenvalue weighted by atomic mass is 16.5. The summed E-state index contributed by atoms with van der Waals surface area (Å²) in [5.41, 5.74) is 0. The van der Waals surface area contributed by atoms with Gasteiger partial charge in [-0.25, -0.2) is 0 Å². The van der Waals surface area contributed by atoms with E-state index in [1.807, 2.05) is 24.3 Å². The van der Waals surface area contributed by atoms with Gasteiger partial charge in [0.1, 0.15) is 12.2 Å². The molecule has 72 valence electrons. The molecule has 0 saturated heterocycles. The number of hydrogen-bond acceptors (Lipinski definition) is 3. The molecule has 0 spiro atoms. The Morgan fingerprint density at radius 2 is 2.21 bits per heavy atom. The van der Waals surface area contributed by atoms with Gasteiger partial charge in [-0.15, -0.1) is 0 Å². The van der Waals surface area contributed by atoms with Gasteiger partial charge >= 0.3 is 5.97 Å². The van der Waals surface area contributed by atoms with Crippen LogP contribution in [-0.2, 0) is 16.0 Å². The zero-order chi connectivity index (χ0) is 9.97. The largest absolute Gasteiger partial charge is 0.469 e. The highest BCUT2D eigenvalue weighted by Gasteiger charge is 2.10. The standard InChI is InChI=1S/C11H10O3/c1-13-11(12)6-10-9-5-3-2-4-8(9)7-14-10/h2-5,7H,6H2,1H3. The molecule has 0 N–H and O–H groups in total. The van der Waals surface area contributed by atoms with Crippen molar-refractivity contribution in [2.75, 3.05) is 7.11 Å². The minimum atomic E-state index is -0.287. The van der Waals surface area contributed by atoms with Crippen molar-refractivity contribution in [3.8, 4) is 0 Å².